The van der Waals surface area contributed by atoms with E-state index in [9.17, 15) is 18.4 Å². The Kier molecular flexibility index (Phi) is 6.05. The number of hydrogen-bond acceptors (Lipinski definition) is 3. The van der Waals surface area contributed by atoms with E-state index in [0.29, 0.717) is 5.56 Å². The molecule has 2 N–H and O–H groups in total. The number of hydrogen-bond donors (Lipinski definition) is 2. The van der Waals surface area contributed by atoms with Crippen LogP contribution in [-0.2, 0) is 0 Å². The van der Waals surface area contributed by atoms with Gasteiger partial charge in [-0.3, -0.25) is 9.59 Å². The van der Waals surface area contributed by atoms with Crippen LogP contribution in [0.15, 0.2) is 36.4 Å². The Morgan fingerprint density at radius 3 is 2.32 bits per heavy atom. The molecule has 0 saturated heterocycles. The number of ether oxygens (including phenoxy) is 1. The average Bonchev–Trinajstić information content (AvgIpc) is 2.60. The molecule has 2 aromatic rings. The van der Waals surface area contributed by atoms with Crippen LogP contribution in [0.2, 0.25) is 0 Å². The number of benzene rings is 2. The van der Waals surface area contributed by atoms with Crippen LogP contribution in [0.5, 0.6) is 5.75 Å². The number of amides is 2. The Hall–Kier alpha value is -2.96. The number of carbonyl (C=O) groups is 2. The number of aryl methyl sites for hydroxylation is 1. The van der Waals surface area contributed by atoms with Gasteiger partial charge in [0.1, 0.15) is 17.4 Å². The molecule has 0 heterocycles. The molecular weight excluding hydrogens is 330 g/mol. The Balaban J connectivity index is 1.86. The van der Waals surface area contributed by atoms with Crippen molar-refractivity contribution in [2.24, 2.45) is 0 Å². The van der Waals surface area contributed by atoms with E-state index in [0.717, 1.165) is 12.1 Å². The number of halogens is 2. The van der Waals surface area contributed by atoms with Crippen molar-refractivity contribution < 1.29 is 23.1 Å². The van der Waals surface area contributed by atoms with E-state index in [2.05, 4.69) is 10.6 Å². The first-order chi connectivity index (χ1) is 11.9. The standard InChI is InChI=1S/C18H18F2N2O3/c1-11-3-4-12(9-15(11)20)17(23)21-7-8-22-18(24)14-10-13(19)5-6-16(14)25-2/h3-6,9-10H,7-8H2,1-2H3,(H,21,23)(H,22,24). The molecule has 0 fully saturated rings. The van der Waals surface area contributed by atoms with Crippen molar-refractivity contribution in [2.75, 3.05) is 20.2 Å². The third kappa shape index (κ3) is 4.76. The number of methoxy groups -OCH3 is 1. The van der Waals surface area contributed by atoms with E-state index in [1.54, 1.807) is 6.92 Å². The molecule has 0 unspecified atom stereocenters. The molecule has 132 valence electrons. The zero-order chi connectivity index (χ0) is 18.4. The second-order valence-corrected chi connectivity index (χ2v) is 5.32. The normalized spacial score (nSPS) is 10.2. The zero-order valence-electron chi connectivity index (χ0n) is 13.9. The summed E-state index contributed by atoms with van der Waals surface area (Å²) in [5.41, 5.74) is 0.712. The molecule has 5 nitrogen and oxygen atoms in total. The highest BCUT2D eigenvalue weighted by atomic mass is 19.1. The minimum absolute atomic E-state index is 0.0643. The van der Waals surface area contributed by atoms with Gasteiger partial charge in [-0.2, -0.15) is 0 Å². The molecule has 2 rings (SSSR count). The van der Waals surface area contributed by atoms with Crippen molar-refractivity contribution in [1.29, 1.82) is 0 Å². The molecule has 7 heteroatoms. The molecule has 0 saturated carbocycles. The maximum atomic E-state index is 13.4. The minimum atomic E-state index is -0.555. The Labute approximate surface area is 144 Å². The Morgan fingerprint density at radius 1 is 1.00 bits per heavy atom. The first-order valence-electron chi connectivity index (χ1n) is 7.58. The highest BCUT2D eigenvalue weighted by Crippen LogP contribution is 2.18. The highest BCUT2D eigenvalue weighted by molar-refractivity contribution is 5.97. The van der Waals surface area contributed by atoms with Crippen molar-refractivity contribution >= 4 is 11.8 Å². The molecule has 25 heavy (non-hydrogen) atoms. The summed E-state index contributed by atoms with van der Waals surface area (Å²) >= 11 is 0. The van der Waals surface area contributed by atoms with E-state index < -0.39 is 23.4 Å². The zero-order valence-corrected chi connectivity index (χ0v) is 13.9. The van der Waals surface area contributed by atoms with E-state index in [1.807, 2.05) is 0 Å². The molecule has 0 bridgehead atoms. The summed E-state index contributed by atoms with van der Waals surface area (Å²) in [6.07, 6.45) is 0. The quantitative estimate of drug-likeness (QED) is 0.788. The van der Waals surface area contributed by atoms with Gasteiger partial charge in [-0.1, -0.05) is 6.07 Å². The number of carbonyl (C=O) groups excluding carboxylic acids is 2. The molecular formula is C18H18F2N2O3. The van der Waals surface area contributed by atoms with E-state index >= 15 is 0 Å². The predicted molar refractivity (Wildman–Crippen MR) is 88.8 cm³/mol. The van der Waals surface area contributed by atoms with Gasteiger partial charge < -0.3 is 15.4 Å². The largest absolute Gasteiger partial charge is 0.496 e. The third-order valence-electron chi connectivity index (χ3n) is 3.54. The van der Waals surface area contributed by atoms with Gasteiger partial charge in [-0.25, -0.2) is 8.78 Å². The molecule has 0 atom stereocenters. The predicted octanol–water partition coefficient (Wildman–Crippen LogP) is 2.44. The lowest BCUT2D eigenvalue weighted by Crippen LogP contribution is -2.34. The lowest BCUT2D eigenvalue weighted by atomic mass is 10.1. The fourth-order valence-electron chi connectivity index (χ4n) is 2.14. The fourth-order valence-corrected chi connectivity index (χ4v) is 2.14. The summed E-state index contributed by atoms with van der Waals surface area (Å²) in [5.74, 6) is -1.73. The maximum absolute atomic E-state index is 13.4. The molecule has 0 aromatic heterocycles. The lowest BCUT2D eigenvalue weighted by molar-refractivity contribution is 0.0925. The van der Waals surface area contributed by atoms with Gasteiger partial charge in [-0.15, -0.1) is 0 Å². The van der Waals surface area contributed by atoms with Crippen molar-refractivity contribution in [3.63, 3.8) is 0 Å². The Morgan fingerprint density at radius 2 is 1.68 bits per heavy atom. The van der Waals surface area contributed by atoms with Gasteiger partial charge in [0.25, 0.3) is 11.8 Å². The molecule has 0 spiro atoms. The molecule has 0 radical (unpaired) electrons. The van der Waals surface area contributed by atoms with Gasteiger partial charge in [0, 0.05) is 18.7 Å². The van der Waals surface area contributed by atoms with Gasteiger partial charge in [0.05, 0.1) is 12.7 Å². The van der Waals surface area contributed by atoms with Crippen LogP contribution in [0.1, 0.15) is 26.3 Å². The SMILES string of the molecule is COc1ccc(F)cc1C(=O)NCCNC(=O)c1ccc(C)c(F)c1. The van der Waals surface area contributed by atoms with Crippen LogP contribution in [0.25, 0.3) is 0 Å². The summed E-state index contributed by atoms with van der Waals surface area (Å²) in [6.45, 7) is 1.86. The van der Waals surface area contributed by atoms with Crippen LogP contribution >= 0.6 is 0 Å². The van der Waals surface area contributed by atoms with E-state index in [4.69, 9.17) is 4.74 Å². The maximum Gasteiger partial charge on any atom is 0.255 e. The van der Waals surface area contributed by atoms with Crippen molar-refractivity contribution in [2.45, 2.75) is 6.92 Å². The van der Waals surface area contributed by atoms with Crippen LogP contribution in [0, 0.1) is 18.6 Å². The van der Waals surface area contributed by atoms with E-state index in [-0.39, 0.29) is 30.0 Å². The van der Waals surface area contributed by atoms with Gasteiger partial charge in [0.15, 0.2) is 0 Å². The minimum Gasteiger partial charge on any atom is -0.496 e. The van der Waals surface area contributed by atoms with Gasteiger partial charge >= 0.3 is 0 Å². The topological polar surface area (TPSA) is 67.4 Å². The molecule has 0 aliphatic carbocycles. The smallest absolute Gasteiger partial charge is 0.255 e. The second-order valence-electron chi connectivity index (χ2n) is 5.32. The lowest BCUT2D eigenvalue weighted by Gasteiger charge is -2.10. The number of nitrogens with one attached hydrogen (secondary N) is 2. The molecule has 2 amide bonds. The van der Waals surface area contributed by atoms with Crippen LogP contribution in [0.3, 0.4) is 0 Å². The average molecular weight is 348 g/mol. The molecule has 0 aliphatic heterocycles. The highest BCUT2D eigenvalue weighted by Gasteiger charge is 2.13. The van der Waals surface area contributed by atoms with Crippen LogP contribution in [0.4, 0.5) is 8.78 Å². The van der Waals surface area contributed by atoms with Crippen LogP contribution in [-0.4, -0.2) is 32.0 Å². The summed E-state index contributed by atoms with van der Waals surface area (Å²) in [6, 6.07) is 7.81. The van der Waals surface area contributed by atoms with Crippen molar-refractivity contribution in [3.05, 3.63) is 64.7 Å². The Bertz CT molecular complexity index is 794. The second kappa shape index (κ2) is 8.23. The molecule has 0 aliphatic rings. The summed E-state index contributed by atoms with van der Waals surface area (Å²) < 4.78 is 31.7. The first-order valence-corrected chi connectivity index (χ1v) is 7.58. The van der Waals surface area contributed by atoms with Gasteiger partial charge in [-0.05, 0) is 42.8 Å². The van der Waals surface area contributed by atoms with Gasteiger partial charge in [0.2, 0.25) is 0 Å². The molecule has 2 aromatic carbocycles. The third-order valence-corrected chi connectivity index (χ3v) is 3.54. The van der Waals surface area contributed by atoms with Crippen molar-refractivity contribution in [3.8, 4) is 5.75 Å². The van der Waals surface area contributed by atoms with E-state index in [1.165, 1.54) is 31.4 Å². The number of rotatable bonds is 6. The fraction of sp³-hybridized carbons (Fsp3) is 0.222. The summed E-state index contributed by atoms with van der Waals surface area (Å²) in [4.78, 5) is 24.0. The summed E-state index contributed by atoms with van der Waals surface area (Å²) in [7, 11) is 1.38. The summed E-state index contributed by atoms with van der Waals surface area (Å²) in [5, 5.41) is 5.12. The monoisotopic (exact) mass is 348 g/mol. The van der Waals surface area contributed by atoms with Crippen LogP contribution < -0.4 is 15.4 Å². The first kappa shape index (κ1) is 18.4. The van der Waals surface area contributed by atoms with Crippen molar-refractivity contribution in [1.82, 2.24) is 10.6 Å².